The lowest BCUT2D eigenvalue weighted by Crippen LogP contribution is -2.48. The van der Waals surface area contributed by atoms with E-state index in [1.807, 2.05) is 6.92 Å². The van der Waals surface area contributed by atoms with Crippen LogP contribution < -0.4 is 0 Å². The van der Waals surface area contributed by atoms with Gasteiger partial charge >= 0.3 is 0 Å². The lowest BCUT2D eigenvalue weighted by molar-refractivity contribution is -0.143. The Labute approximate surface area is 72.4 Å². The van der Waals surface area contributed by atoms with Gasteiger partial charge in [0.25, 0.3) is 0 Å². The zero-order valence-electron chi connectivity index (χ0n) is 7.58. The molecule has 0 aromatic carbocycles. The molecular weight excluding hydrogens is 158 g/mol. The Morgan fingerprint density at radius 3 is 3.08 bits per heavy atom. The van der Waals surface area contributed by atoms with Crippen LogP contribution in [-0.4, -0.2) is 50.3 Å². The number of methoxy groups -OCH3 is 1. The van der Waals surface area contributed by atoms with Crippen LogP contribution in [0.5, 0.6) is 0 Å². The Morgan fingerprint density at radius 1 is 1.75 bits per heavy atom. The van der Waals surface area contributed by atoms with Crippen LogP contribution in [0.1, 0.15) is 6.92 Å². The maximum atomic E-state index is 11.4. The lowest BCUT2D eigenvalue weighted by atomic mass is 10.2. The summed E-state index contributed by atoms with van der Waals surface area (Å²) in [6.07, 6.45) is 0. The molecule has 0 radical (unpaired) electrons. The monoisotopic (exact) mass is 173 g/mol. The van der Waals surface area contributed by atoms with Gasteiger partial charge in [0.1, 0.15) is 6.61 Å². The van der Waals surface area contributed by atoms with Gasteiger partial charge < -0.3 is 14.4 Å². The Bertz CT molecular complexity index is 160. The van der Waals surface area contributed by atoms with Gasteiger partial charge in [-0.15, -0.1) is 0 Å². The molecule has 0 N–H and O–H groups in total. The number of hydrogen-bond acceptors (Lipinski definition) is 3. The normalized spacial score (nSPS) is 24.2. The quantitative estimate of drug-likeness (QED) is 0.584. The molecular formula is C8H15NO3. The van der Waals surface area contributed by atoms with Gasteiger partial charge in [-0.05, 0) is 6.92 Å². The van der Waals surface area contributed by atoms with Gasteiger partial charge in [-0.3, -0.25) is 4.79 Å². The minimum atomic E-state index is 0.0494. The van der Waals surface area contributed by atoms with E-state index < -0.39 is 0 Å². The smallest absolute Gasteiger partial charge is 0.248 e. The van der Waals surface area contributed by atoms with Crippen molar-refractivity contribution in [3.8, 4) is 0 Å². The summed E-state index contributed by atoms with van der Waals surface area (Å²) in [6, 6.07) is 0.182. The van der Waals surface area contributed by atoms with Crippen molar-refractivity contribution in [2.75, 3.05) is 33.5 Å². The van der Waals surface area contributed by atoms with Crippen molar-refractivity contribution in [1.29, 1.82) is 0 Å². The van der Waals surface area contributed by atoms with E-state index in [9.17, 15) is 4.79 Å². The molecule has 0 bridgehead atoms. The molecule has 12 heavy (non-hydrogen) atoms. The molecule has 4 nitrogen and oxygen atoms in total. The van der Waals surface area contributed by atoms with Crippen LogP contribution in [0, 0.1) is 0 Å². The van der Waals surface area contributed by atoms with Gasteiger partial charge in [0.05, 0.1) is 19.3 Å². The SMILES string of the molecule is COCC(=O)N1CCOCC1C. The number of morpholine rings is 1. The summed E-state index contributed by atoms with van der Waals surface area (Å²) < 4.78 is 9.98. The van der Waals surface area contributed by atoms with Gasteiger partial charge in [0, 0.05) is 13.7 Å². The predicted molar refractivity (Wildman–Crippen MR) is 43.9 cm³/mol. The summed E-state index contributed by atoms with van der Waals surface area (Å²) >= 11 is 0. The van der Waals surface area contributed by atoms with Crippen molar-refractivity contribution in [1.82, 2.24) is 4.90 Å². The van der Waals surface area contributed by atoms with Crippen molar-refractivity contribution in [3.63, 3.8) is 0 Å². The third kappa shape index (κ3) is 2.19. The maximum Gasteiger partial charge on any atom is 0.248 e. The fourth-order valence-electron chi connectivity index (χ4n) is 1.30. The van der Waals surface area contributed by atoms with E-state index in [2.05, 4.69) is 0 Å². The Hall–Kier alpha value is -0.610. The molecule has 1 atom stereocenters. The maximum absolute atomic E-state index is 11.4. The number of ether oxygens (including phenoxy) is 2. The molecule has 70 valence electrons. The summed E-state index contributed by atoms with van der Waals surface area (Å²) in [5, 5.41) is 0. The molecule has 1 fully saturated rings. The highest BCUT2D eigenvalue weighted by atomic mass is 16.5. The van der Waals surface area contributed by atoms with E-state index in [4.69, 9.17) is 9.47 Å². The largest absolute Gasteiger partial charge is 0.377 e. The average Bonchev–Trinajstić information content (AvgIpc) is 2.05. The van der Waals surface area contributed by atoms with Crippen LogP contribution in [0.2, 0.25) is 0 Å². The lowest BCUT2D eigenvalue weighted by Gasteiger charge is -2.33. The number of nitrogens with zero attached hydrogens (tertiary/aromatic N) is 1. The molecule has 1 aliphatic heterocycles. The van der Waals surface area contributed by atoms with Crippen LogP contribution in [0.15, 0.2) is 0 Å². The molecule has 0 aromatic rings. The molecule has 1 amide bonds. The van der Waals surface area contributed by atoms with E-state index in [1.54, 1.807) is 4.90 Å². The van der Waals surface area contributed by atoms with Crippen LogP contribution >= 0.6 is 0 Å². The number of carbonyl (C=O) groups excluding carboxylic acids is 1. The van der Waals surface area contributed by atoms with E-state index in [1.165, 1.54) is 7.11 Å². The van der Waals surface area contributed by atoms with Gasteiger partial charge in [-0.25, -0.2) is 0 Å². The third-order valence-electron chi connectivity index (χ3n) is 1.96. The number of amides is 1. The zero-order valence-corrected chi connectivity index (χ0v) is 7.58. The molecule has 1 rings (SSSR count). The van der Waals surface area contributed by atoms with Crippen molar-refractivity contribution in [2.24, 2.45) is 0 Å². The second-order valence-corrected chi connectivity index (χ2v) is 2.94. The van der Waals surface area contributed by atoms with Crippen LogP contribution in [-0.2, 0) is 14.3 Å². The highest BCUT2D eigenvalue weighted by molar-refractivity contribution is 5.77. The van der Waals surface area contributed by atoms with Crippen LogP contribution in [0.4, 0.5) is 0 Å². The highest BCUT2D eigenvalue weighted by Crippen LogP contribution is 2.05. The van der Waals surface area contributed by atoms with E-state index in [-0.39, 0.29) is 18.6 Å². The third-order valence-corrected chi connectivity index (χ3v) is 1.96. The Kier molecular flexibility index (Phi) is 3.49. The van der Waals surface area contributed by atoms with Crippen molar-refractivity contribution < 1.29 is 14.3 Å². The number of rotatable bonds is 2. The number of carbonyl (C=O) groups is 1. The second kappa shape index (κ2) is 4.42. The summed E-state index contributed by atoms with van der Waals surface area (Å²) in [7, 11) is 1.53. The minimum Gasteiger partial charge on any atom is -0.377 e. The van der Waals surface area contributed by atoms with Crippen LogP contribution in [0.3, 0.4) is 0 Å². The van der Waals surface area contributed by atoms with Crippen molar-refractivity contribution >= 4 is 5.91 Å². The molecule has 1 saturated heterocycles. The summed E-state index contributed by atoms with van der Waals surface area (Å²) in [5.41, 5.74) is 0. The second-order valence-electron chi connectivity index (χ2n) is 2.94. The Morgan fingerprint density at radius 2 is 2.50 bits per heavy atom. The molecule has 0 aliphatic carbocycles. The molecule has 0 spiro atoms. The summed E-state index contributed by atoms with van der Waals surface area (Å²) in [6.45, 7) is 4.11. The van der Waals surface area contributed by atoms with Crippen molar-refractivity contribution in [3.05, 3.63) is 0 Å². The molecule has 4 heteroatoms. The first kappa shape index (κ1) is 9.48. The Balaban J connectivity index is 2.42. The zero-order chi connectivity index (χ0) is 8.97. The van der Waals surface area contributed by atoms with E-state index in [0.29, 0.717) is 19.8 Å². The standard InChI is InChI=1S/C8H15NO3/c1-7-5-12-4-3-9(7)8(10)6-11-2/h7H,3-6H2,1-2H3. The molecule has 1 aliphatic rings. The molecule has 0 saturated carbocycles. The molecule has 1 heterocycles. The first-order valence-electron chi connectivity index (χ1n) is 4.12. The highest BCUT2D eigenvalue weighted by Gasteiger charge is 2.22. The predicted octanol–water partition coefficient (Wildman–Crippen LogP) is -0.120. The summed E-state index contributed by atoms with van der Waals surface area (Å²) in [5.74, 6) is 0.0494. The topological polar surface area (TPSA) is 38.8 Å². The average molecular weight is 173 g/mol. The molecule has 0 aromatic heterocycles. The van der Waals surface area contributed by atoms with E-state index in [0.717, 1.165) is 0 Å². The molecule has 1 unspecified atom stereocenters. The first-order valence-corrected chi connectivity index (χ1v) is 4.12. The fraction of sp³-hybridized carbons (Fsp3) is 0.875. The van der Waals surface area contributed by atoms with Gasteiger partial charge in [0.15, 0.2) is 0 Å². The van der Waals surface area contributed by atoms with Crippen molar-refractivity contribution in [2.45, 2.75) is 13.0 Å². The fourth-order valence-corrected chi connectivity index (χ4v) is 1.30. The minimum absolute atomic E-state index is 0.0494. The van der Waals surface area contributed by atoms with Crippen LogP contribution in [0.25, 0.3) is 0 Å². The van der Waals surface area contributed by atoms with Gasteiger partial charge in [-0.2, -0.15) is 0 Å². The van der Waals surface area contributed by atoms with Gasteiger partial charge in [0.2, 0.25) is 5.91 Å². The van der Waals surface area contributed by atoms with E-state index >= 15 is 0 Å². The number of hydrogen-bond donors (Lipinski definition) is 0. The first-order chi connectivity index (χ1) is 5.75. The van der Waals surface area contributed by atoms with Gasteiger partial charge in [-0.1, -0.05) is 0 Å². The summed E-state index contributed by atoms with van der Waals surface area (Å²) in [4.78, 5) is 13.2.